The minimum atomic E-state index is -0.590. The van der Waals surface area contributed by atoms with Crippen molar-refractivity contribution in [2.24, 2.45) is 17.8 Å². The van der Waals surface area contributed by atoms with Gasteiger partial charge in [0.05, 0.1) is 5.56 Å². The van der Waals surface area contributed by atoms with Crippen molar-refractivity contribution in [3.8, 4) is 11.1 Å². The second-order valence-electron chi connectivity index (χ2n) is 8.49. The van der Waals surface area contributed by atoms with E-state index in [0.29, 0.717) is 5.92 Å². The van der Waals surface area contributed by atoms with Crippen LogP contribution in [0.15, 0.2) is 36.4 Å². The van der Waals surface area contributed by atoms with Gasteiger partial charge in [-0.2, -0.15) is 0 Å². The SMILES string of the molecule is CCC1CCC2CC(c3cc(F)c(-c4cccc(F)c4)c(F)c3)CCC2C1. The molecule has 144 valence electrons. The van der Waals surface area contributed by atoms with Gasteiger partial charge in [0.1, 0.15) is 17.5 Å². The topological polar surface area (TPSA) is 0 Å². The summed E-state index contributed by atoms with van der Waals surface area (Å²) in [6.45, 7) is 2.28. The summed E-state index contributed by atoms with van der Waals surface area (Å²) in [7, 11) is 0. The highest BCUT2D eigenvalue weighted by Crippen LogP contribution is 2.48. The van der Waals surface area contributed by atoms with Crippen molar-refractivity contribution in [1.82, 2.24) is 0 Å². The first kappa shape index (κ1) is 18.6. The Morgan fingerprint density at radius 3 is 2.26 bits per heavy atom. The lowest BCUT2D eigenvalue weighted by Crippen LogP contribution is -2.30. The van der Waals surface area contributed by atoms with Gasteiger partial charge in [0.15, 0.2) is 0 Å². The van der Waals surface area contributed by atoms with Crippen LogP contribution in [0, 0.1) is 35.2 Å². The molecule has 4 unspecified atom stereocenters. The molecule has 0 radical (unpaired) electrons. The van der Waals surface area contributed by atoms with Crippen LogP contribution in [0.5, 0.6) is 0 Å². The molecule has 3 heteroatoms. The molecule has 0 N–H and O–H groups in total. The predicted molar refractivity (Wildman–Crippen MR) is 103 cm³/mol. The molecule has 2 aromatic carbocycles. The summed E-state index contributed by atoms with van der Waals surface area (Å²) in [6, 6.07) is 8.43. The van der Waals surface area contributed by atoms with Crippen LogP contribution in [0.25, 0.3) is 11.1 Å². The Balaban J connectivity index is 1.55. The number of rotatable bonds is 3. The van der Waals surface area contributed by atoms with Crippen LogP contribution < -0.4 is 0 Å². The van der Waals surface area contributed by atoms with E-state index in [1.165, 1.54) is 62.4 Å². The fourth-order valence-corrected chi connectivity index (χ4v) is 5.41. The minimum Gasteiger partial charge on any atom is -0.207 e. The van der Waals surface area contributed by atoms with E-state index in [1.807, 2.05) is 0 Å². The Kier molecular flexibility index (Phi) is 5.29. The van der Waals surface area contributed by atoms with Gasteiger partial charge in [-0.1, -0.05) is 31.9 Å². The van der Waals surface area contributed by atoms with Crippen LogP contribution in [0.3, 0.4) is 0 Å². The van der Waals surface area contributed by atoms with Crippen molar-refractivity contribution < 1.29 is 13.2 Å². The van der Waals surface area contributed by atoms with Gasteiger partial charge in [0.2, 0.25) is 0 Å². The van der Waals surface area contributed by atoms with Crippen molar-refractivity contribution in [3.05, 3.63) is 59.4 Å². The van der Waals surface area contributed by atoms with Crippen LogP contribution in [0.1, 0.15) is 63.4 Å². The molecule has 0 aromatic heterocycles. The van der Waals surface area contributed by atoms with Crippen LogP contribution in [-0.2, 0) is 0 Å². The van der Waals surface area contributed by atoms with Gasteiger partial charge in [-0.25, -0.2) is 13.2 Å². The minimum absolute atomic E-state index is 0.129. The summed E-state index contributed by atoms with van der Waals surface area (Å²) in [5.41, 5.74) is 0.884. The molecule has 2 fully saturated rings. The number of fused-ring (bicyclic) bond motifs is 1. The third-order valence-electron chi connectivity index (χ3n) is 6.95. The molecule has 0 amide bonds. The van der Waals surface area contributed by atoms with Gasteiger partial charge in [-0.3, -0.25) is 0 Å². The first-order chi connectivity index (χ1) is 13.0. The van der Waals surface area contributed by atoms with E-state index in [-0.39, 0.29) is 17.0 Å². The zero-order valence-corrected chi connectivity index (χ0v) is 15.9. The highest BCUT2D eigenvalue weighted by atomic mass is 19.1. The molecule has 2 saturated carbocycles. The molecule has 4 rings (SSSR count). The smallest absolute Gasteiger partial charge is 0.134 e. The van der Waals surface area contributed by atoms with Crippen molar-refractivity contribution in [3.63, 3.8) is 0 Å². The maximum atomic E-state index is 14.8. The van der Waals surface area contributed by atoms with Crippen LogP contribution in [0.2, 0.25) is 0 Å². The second-order valence-corrected chi connectivity index (χ2v) is 8.49. The van der Waals surface area contributed by atoms with Gasteiger partial charge in [0.25, 0.3) is 0 Å². The average Bonchev–Trinajstić information content (AvgIpc) is 2.66. The molecule has 4 atom stereocenters. The number of benzene rings is 2. The quantitative estimate of drug-likeness (QED) is 0.524. The molecule has 2 aromatic rings. The largest absolute Gasteiger partial charge is 0.207 e. The Morgan fingerprint density at radius 2 is 1.56 bits per heavy atom. The summed E-state index contributed by atoms with van der Waals surface area (Å²) in [4.78, 5) is 0. The van der Waals surface area contributed by atoms with Gasteiger partial charge >= 0.3 is 0 Å². The predicted octanol–water partition coefficient (Wildman–Crippen LogP) is 7.48. The first-order valence-electron chi connectivity index (χ1n) is 10.3. The first-order valence-corrected chi connectivity index (χ1v) is 10.3. The van der Waals surface area contributed by atoms with Crippen LogP contribution in [-0.4, -0.2) is 0 Å². The number of halogens is 3. The molecule has 0 spiro atoms. The normalized spacial score (nSPS) is 28.0. The molecule has 0 saturated heterocycles. The summed E-state index contributed by atoms with van der Waals surface area (Å²) in [5.74, 6) is 0.913. The van der Waals surface area contributed by atoms with E-state index < -0.39 is 17.5 Å². The second kappa shape index (κ2) is 7.69. The summed E-state index contributed by atoms with van der Waals surface area (Å²) >= 11 is 0. The molecular weight excluding hydrogens is 345 g/mol. The molecular formula is C24H27F3. The molecule has 0 aliphatic heterocycles. The molecule has 2 aliphatic carbocycles. The van der Waals surface area contributed by atoms with E-state index in [4.69, 9.17) is 0 Å². The van der Waals surface area contributed by atoms with E-state index >= 15 is 0 Å². The number of hydrogen-bond donors (Lipinski definition) is 0. The Hall–Kier alpha value is -1.77. The molecule has 0 nitrogen and oxygen atoms in total. The van der Waals surface area contributed by atoms with E-state index in [2.05, 4.69) is 6.92 Å². The van der Waals surface area contributed by atoms with E-state index in [1.54, 1.807) is 6.07 Å². The zero-order chi connectivity index (χ0) is 19.0. The van der Waals surface area contributed by atoms with Crippen LogP contribution >= 0.6 is 0 Å². The van der Waals surface area contributed by atoms with Gasteiger partial charge in [0, 0.05) is 0 Å². The highest BCUT2D eigenvalue weighted by Gasteiger charge is 2.35. The van der Waals surface area contributed by atoms with Gasteiger partial charge < -0.3 is 0 Å². The third kappa shape index (κ3) is 3.79. The third-order valence-corrected chi connectivity index (χ3v) is 6.95. The van der Waals surface area contributed by atoms with E-state index in [0.717, 1.165) is 30.2 Å². The lowest BCUT2D eigenvalue weighted by molar-refractivity contribution is 0.116. The van der Waals surface area contributed by atoms with Crippen molar-refractivity contribution >= 4 is 0 Å². The highest BCUT2D eigenvalue weighted by molar-refractivity contribution is 5.65. The molecule has 0 bridgehead atoms. The van der Waals surface area contributed by atoms with Crippen molar-refractivity contribution in [2.75, 3.05) is 0 Å². The lowest BCUT2D eigenvalue weighted by Gasteiger charge is -2.42. The van der Waals surface area contributed by atoms with E-state index in [9.17, 15) is 13.2 Å². The zero-order valence-electron chi connectivity index (χ0n) is 15.9. The van der Waals surface area contributed by atoms with Crippen LogP contribution in [0.4, 0.5) is 13.2 Å². The molecule has 2 aliphatic rings. The fraction of sp³-hybridized carbons (Fsp3) is 0.500. The number of hydrogen-bond acceptors (Lipinski definition) is 0. The molecule has 0 heterocycles. The maximum Gasteiger partial charge on any atom is 0.134 e. The summed E-state index contributed by atoms with van der Waals surface area (Å²) in [6.07, 6.45) is 8.37. The van der Waals surface area contributed by atoms with Crippen molar-refractivity contribution in [1.29, 1.82) is 0 Å². The Labute approximate surface area is 159 Å². The average molecular weight is 372 g/mol. The maximum absolute atomic E-state index is 14.8. The Morgan fingerprint density at radius 1 is 0.852 bits per heavy atom. The van der Waals surface area contributed by atoms with Gasteiger partial charge in [-0.05, 0) is 91.2 Å². The summed E-state index contributed by atoms with van der Waals surface area (Å²) < 4.78 is 43.0. The summed E-state index contributed by atoms with van der Waals surface area (Å²) in [5, 5.41) is 0. The van der Waals surface area contributed by atoms with Gasteiger partial charge in [-0.15, -0.1) is 0 Å². The fourth-order valence-electron chi connectivity index (χ4n) is 5.41. The monoisotopic (exact) mass is 372 g/mol. The van der Waals surface area contributed by atoms with Crippen molar-refractivity contribution in [2.45, 2.75) is 57.8 Å². The lowest BCUT2D eigenvalue weighted by atomic mass is 9.63. The standard InChI is InChI=1S/C24H27F3/c1-2-15-6-7-17-11-18(9-8-16(17)10-15)20-13-22(26)24(23(27)14-20)19-4-3-5-21(25)12-19/h3-5,12-18H,2,6-11H2,1H3. The Bertz CT molecular complexity index is 790. The molecule has 27 heavy (non-hydrogen) atoms.